The molecule has 8 nitrogen and oxygen atoms in total. The van der Waals surface area contributed by atoms with E-state index in [-0.39, 0.29) is 5.69 Å². The fraction of sp³-hybridized carbons (Fsp3) is 0.111. The summed E-state index contributed by atoms with van der Waals surface area (Å²) in [6, 6.07) is 10.3. The van der Waals surface area contributed by atoms with Crippen molar-refractivity contribution in [3.63, 3.8) is 0 Å². The van der Waals surface area contributed by atoms with Gasteiger partial charge < -0.3 is 10.1 Å². The van der Waals surface area contributed by atoms with Crippen LogP contribution in [0, 0.1) is 15.9 Å². The van der Waals surface area contributed by atoms with Gasteiger partial charge in [-0.05, 0) is 36.4 Å². The van der Waals surface area contributed by atoms with Gasteiger partial charge in [-0.15, -0.1) is 10.2 Å². The van der Waals surface area contributed by atoms with Crippen LogP contribution in [0.4, 0.5) is 23.2 Å². The smallest absolute Gasteiger partial charge is 0.452 e. The summed E-state index contributed by atoms with van der Waals surface area (Å²) >= 11 is 0. The highest BCUT2D eigenvalue weighted by Gasteiger charge is 2.41. The largest absolute Gasteiger partial charge is 0.497 e. The van der Waals surface area contributed by atoms with Crippen LogP contribution < -0.4 is 10.1 Å². The van der Waals surface area contributed by atoms with Crippen LogP contribution in [0.3, 0.4) is 0 Å². The van der Waals surface area contributed by atoms with Crippen molar-refractivity contribution >= 4 is 11.4 Å². The molecule has 0 aliphatic heterocycles. The van der Waals surface area contributed by atoms with Gasteiger partial charge in [0.25, 0.3) is 0 Å². The second kappa shape index (κ2) is 8.19. The molecular formula is C18H13F4N5O3. The van der Waals surface area contributed by atoms with E-state index >= 15 is 0 Å². The van der Waals surface area contributed by atoms with Gasteiger partial charge >= 0.3 is 11.9 Å². The Morgan fingerprint density at radius 1 is 1.20 bits per heavy atom. The van der Waals surface area contributed by atoms with Gasteiger partial charge in [0.05, 0.1) is 18.2 Å². The van der Waals surface area contributed by atoms with Gasteiger partial charge in [-0.1, -0.05) is 6.07 Å². The van der Waals surface area contributed by atoms with E-state index < -0.39 is 34.3 Å². The first kappa shape index (κ1) is 20.8. The van der Waals surface area contributed by atoms with E-state index in [0.717, 1.165) is 30.5 Å². The molecule has 1 aromatic heterocycles. The Morgan fingerprint density at radius 3 is 2.50 bits per heavy atom. The lowest BCUT2D eigenvalue weighted by Gasteiger charge is -2.11. The fourth-order valence-corrected chi connectivity index (χ4v) is 2.53. The predicted molar refractivity (Wildman–Crippen MR) is 97.9 cm³/mol. The van der Waals surface area contributed by atoms with Crippen molar-refractivity contribution in [2.45, 2.75) is 6.18 Å². The van der Waals surface area contributed by atoms with E-state index in [1.807, 2.05) is 0 Å². The zero-order valence-corrected chi connectivity index (χ0v) is 15.2. The summed E-state index contributed by atoms with van der Waals surface area (Å²) in [6.07, 6.45) is -4.07. The lowest BCUT2D eigenvalue weighted by atomic mass is 10.3. The molecule has 0 atom stereocenters. The maximum Gasteiger partial charge on any atom is 0.452 e. The summed E-state index contributed by atoms with van der Waals surface area (Å²) in [5, 5.41) is 20.7. The van der Waals surface area contributed by atoms with Gasteiger partial charge in [-0.3, -0.25) is 14.7 Å². The second-order valence-corrected chi connectivity index (χ2v) is 5.82. The number of hydrogen-bond acceptors (Lipinski definition) is 6. The molecular weight excluding hydrogens is 410 g/mol. The van der Waals surface area contributed by atoms with Crippen LogP contribution in [0.2, 0.25) is 0 Å². The van der Waals surface area contributed by atoms with Gasteiger partial charge in [0.1, 0.15) is 11.6 Å². The third-order valence-electron chi connectivity index (χ3n) is 3.87. The molecule has 2 aromatic carbocycles. The first-order valence-electron chi connectivity index (χ1n) is 8.25. The second-order valence-electron chi connectivity index (χ2n) is 5.82. The number of methoxy groups -OCH3 is 1. The molecule has 30 heavy (non-hydrogen) atoms. The number of rotatable bonds is 6. The van der Waals surface area contributed by atoms with Gasteiger partial charge in [0, 0.05) is 17.4 Å². The highest BCUT2D eigenvalue weighted by atomic mass is 19.4. The molecule has 12 heteroatoms. The number of ether oxygens (including phenoxy) is 1. The van der Waals surface area contributed by atoms with E-state index in [1.54, 1.807) is 18.2 Å². The number of anilines is 1. The zero-order chi connectivity index (χ0) is 21.9. The Hall–Kier alpha value is -3.96. The standard InChI is InChI=1S/C18H13F4N5O3/c1-30-14-4-2-3-12(9-14)23-10-15(27(28)29)16-24-25-17(18(20,21)22)26(16)13-7-5-11(19)6-8-13/h2-10,23H,1H3/b15-10-. The van der Waals surface area contributed by atoms with Crippen LogP contribution in [0.5, 0.6) is 5.75 Å². The maximum atomic E-state index is 13.4. The van der Waals surface area contributed by atoms with Crippen molar-refractivity contribution in [3.8, 4) is 11.4 Å². The Balaban J connectivity index is 2.11. The lowest BCUT2D eigenvalue weighted by molar-refractivity contribution is -0.376. The Kier molecular flexibility index (Phi) is 5.67. The topological polar surface area (TPSA) is 95.1 Å². The van der Waals surface area contributed by atoms with Crippen LogP contribution in [0.15, 0.2) is 54.7 Å². The van der Waals surface area contributed by atoms with Crippen molar-refractivity contribution in [2.24, 2.45) is 0 Å². The summed E-state index contributed by atoms with van der Waals surface area (Å²) in [5.41, 5.74) is -0.597. The highest BCUT2D eigenvalue weighted by Crippen LogP contribution is 2.32. The van der Waals surface area contributed by atoms with Crippen molar-refractivity contribution < 1.29 is 27.2 Å². The van der Waals surface area contributed by atoms with Crippen LogP contribution in [-0.4, -0.2) is 26.8 Å². The van der Waals surface area contributed by atoms with Gasteiger partial charge in [-0.2, -0.15) is 13.2 Å². The summed E-state index contributed by atoms with van der Waals surface area (Å²) < 4.78 is 58.9. The molecule has 1 heterocycles. The molecule has 0 fully saturated rings. The normalized spacial score (nSPS) is 12.0. The Morgan fingerprint density at radius 2 is 1.90 bits per heavy atom. The molecule has 3 aromatic rings. The summed E-state index contributed by atoms with van der Waals surface area (Å²) in [4.78, 5) is 10.7. The number of aromatic nitrogens is 3. The minimum absolute atomic E-state index is 0.196. The van der Waals surface area contributed by atoms with Crippen LogP contribution in [0.25, 0.3) is 11.4 Å². The molecule has 0 aliphatic rings. The van der Waals surface area contributed by atoms with E-state index in [0.29, 0.717) is 16.0 Å². The minimum Gasteiger partial charge on any atom is -0.497 e. The number of alkyl halides is 3. The van der Waals surface area contributed by atoms with Crippen molar-refractivity contribution in [2.75, 3.05) is 12.4 Å². The molecule has 156 valence electrons. The lowest BCUT2D eigenvalue weighted by Crippen LogP contribution is -2.16. The number of benzene rings is 2. The number of nitro groups is 1. The molecule has 0 aliphatic carbocycles. The summed E-state index contributed by atoms with van der Waals surface area (Å²) in [6.45, 7) is 0. The van der Waals surface area contributed by atoms with Crippen LogP contribution >= 0.6 is 0 Å². The summed E-state index contributed by atoms with van der Waals surface area (Å²) in [5.74, 6) is -2.40. The first-order chi connectivity index (χ1) is 14.2. The SMILES string of the molecule is COc1cccc(N/C=C(/c2nnc(C(F)(F)F)n2-c2ccc(F)cc2)[N+](=O)[O-])c1. The first-order valence-corrected chi connectivity index (χ1v) is 8.25. The molecule has 0 unspecified atom stereocenters. The zero-order valence-electron chi connectivity index (χ0n) is 15.2. The molecule has 0 amide bonds. The van der Waals surface area contributed by atoms with Crippen molar-refractivity contribution in [1.29, 1.82) is 0 Å². The molecule has 3 rings (SSSR count). The molecule has 0 saturated heterocycles. The van der Waals surface area contributed by atoms with Crippen molar-refractivity contribution in [1.82, 2.24) is 14.8 Å². The average molecular weight is 423 g/mol. The molecule has 0 bridgehead atoms. The monoisotopic (exact) mass is 423 g/mol. The molecule has 0 radical (unpaired) electrons. The van der Waals surface area contributed by atoms with E-state index in [4.69, 9.17) is 4.74 Å². The Bertz CT molecular complexity index is 1090. The number of nitrogens with one attached hydrogen (secondary N) is 1. The van der Waals surface area contributed by atoms with E-state index in [2.05, 4.69) is 15.5 Å². The van der Waals surface area contributed by atoms with E-state index in [1.165, 1.54) is 13.2 Å². The Labute approximate surface area is 166 Å². The van der Waals surface area contributed by atoms with Crippen LogP contribution in [0.1, 0.15) is 11.6 Å². The predicted octanol–water partition coefficient (Wildman–Crippen LogP) is 4.12. The summed E-state index contributed by atoms with van der Waals surface area (Å²) in [7, 11) is 1.43. The third-order valence-corrected chi connectivity index (χ3v) is 3.87. The van der Waals surface area contributed by atoms with Gasteiger partial charge in [-0.25, -0.2) is 4.39 Å². The molecule has 1 N–H and O–H groups in total. The van der Waals surface area contributed by atoms with Gasteiger partial charge in [0.15, 0.2) is 0 Å². The minimum atomic E-state index is -4.96. The van der Waals surface area contributed by atoms with E-state index in [9.17, 15) is 27.7 Å². The fourth-order valence-electron chi connectivity index (χ4n) is 2.53. The van der Waals surface area contributed by atoms with Crippen molar-refractivity contribution in [3.05, 3.63) is 82.3 Å². The highest BCUT2D eigenvalue weighted by molar-refractivity contribution is 5.60. The maximum absolute atomic E-state index is 13.4. The molecule has 0 spiro atoms. The van der Waals surface area contributed by atoms with Crippen LogP contribution in [-0.2, 0) is 6.18 Å². The number of halogens is 4. The quantitative estimate of drug-likeness (QED) is 0.364. The average Bonchev–Trinajstić information content (AvgIpc) is 3.14. The van der Waals surface area contributed by atoms with Gasteiger partial charge in [0.2, 0.25) is 11.6 Å². The molecule has 0 saturated carbocycles. The number of nitrogens with zero attached hydrogens (tertiary/aromatic N) is 4. The number of hydrogen-bond donors (Lipinski definition) is 1. The third kappa shape index (κ3) is 4.37.